The van der Waals surface area contributed by atoms with Crippen LogP contribution in [0.25, 0.3) is 0 Å². The van der Waals surface area contributed by atoms with Crippen molar-refractivity contribution in [2.24, 2.45) is 0 Å². The molecule has 4 heteroatoms. The Hall–Kier alpha value is -0.610. The van der Waals surface area contributed by atoms with E-state index in [-0.39, 0.29) is 12.2 Å². The van der Waals surface area contributed by atoms with Gasteiger partial charge in [0.05, 0.1) is 30.5 Å². The van der Waals surface area contributed by atoms with Gasteiger partial charge in [-0.1, -0.05) is 20.3 Å². The lowest BCUT2D eigenvalue weighted by Crippen LogP contribution is -2.48. The van der Waals surface area contributed by atoms with Crippen molar-refractivity contribution in [2.75, 3.05) is 0 Å². The minimum Gasteiger partial charge on any atom is -0.373 e. The van der Waals surface area contributed by atoms with Gasteiger partial charge in [-0.15, -0.1) is 0 Å². The van der Waals surface area contributed by atoms with Crippen LogP contribution in [0.3, 0.4) is 0 Å². The fourth-order valence-corrected chi connectivity index (χ4v) is 3.80. The topological polar surface area (TPSA) is 41.6 Å². The summed E-state index contributed by atoms with van der Waals surface area (Å²) < 4.78 is 5.92. The van der Waals surface area contributed by atoms with E-state index in [0.29, 0.717) is 24.2 Å². The molecule has 1 amide bonds. The number of nitrogens with zero attached hydrogens (tertiary/aromatic N) is 1. The van der Waals surface area contributed by atoms with Crippen LogP contribution < -0.4 is 5.32 Å². The normalized spacial score (nSPS) is 43.1. The van der Waals surface area contributed by atoms with Crippen molar-refractivity contribution < 1.29 is 9.53 Å². The summed E-state index contributed by atoms with van der Waals surface area (Å²) in [6, 6.07) is 0.359. The third kappa shape index (κ3) is 1.86. The van der Waals surface area contributed by atoms with Gasteiger partial charge >= 0.3 is 0 Å². The number of rotatable bonds is 4. The van der Waals surface area contributed by atoms with Crippen LogP contribution in [0.1, 0.15) is 52.4 Å². The van der Waals surface area contributed by atoms with Crippen molar-refractivity contribution in [3.05, 3.63) is 0 Å². The number of fused-ring (bicyclic) bond motifs is 2. The van der Waals surface area contributed by atoms with Crippen LogP contribution in [0.5, 0.6) is 0 Å². The molecule has 3 aliphatic heterocycles. The molecule has 1 N–H and O–H groups in total. The molecule has 0 spiro atoms. The van der Waals surface area contributed by atoms with Gasteiger partial charge in [-0.3, -0.25) is 10.1 Å². The van der Waals surface area contributed by atoms with E-state index in [2.05, 4.69) is 24.1 Å². The van der Waals surface area contributed by atoms with Crippen LogP contribution in [0.15, 0.2) is 0 Å². The summed E-state index contributed by atoms with van der Waals surface area (Å²) in [6.45, 7) is 4.26. The lowest BCUT2D eigenvalue weighted by molar-refractivity contribution is -0.133. The van der Waals surface area contributed by atoms with Gasteiger partial charge in [0.25, 0.3) is 0 Å². The van der Waals surface area contributed by atoms with E-state index >= 15 is 0 Å². The van der Waals surface area contributed by atoms with E-state index in [4.69, 9.17) is 4.74 Å². The number of hydrogen-bond donors (Lipinski definition) is 1. The highest BCUT2D eigenvalue weighted by molar-refractivity contribution is 5.84. The zero-order valence-electron chi connectivity index (χ0n) is 11.4. The summed E-state index contributed by atoms with van der Waals surface area (Å²) >= 11 is 0. The van der Waals surface area contributed by atoms with Crippen LogP contribution in [0.2, 0.25) is 0 Å². The molecule has 102 valence electrons. The molecule has 0 saturated carbocycles. The molecule has 0 aromatic rings. The molecule has 0 aromatic carbocycles. The summed E-state index contributed by atoms with van der Waals surface area (Å²) in [5.74, 6) is 0.303. The van der Waals surface area contributed by atoms with Gasteiger partial charge in [-0.25, -0.2) is 0 Å². The first-order valence-corrected chi connectivity index (χ1v) is 7.48. The predicted octanol–water partition coefficient (Wildman–Crippen LogP) is 1.64. The Balaban J connectivity index is 1.77. The van der Waals surface area contributed by atoms with Crippen LogP contribution >= 0.6 is 0 Å². The standard InChI is InChI=1S/C14H24N2O2/c1-3-5-13-15-10(4-2)14(17)16(13)11-8-9-6-7-12(11)18-9/h9-13,15H,3-8H2,1-2H3. The first-order valence-electron chi connectivity index (χ1n) is 7.48. The second kappa shape index (κ2) is 4.82. The van der Waals surface area contributed by atoms with Gasteiger partial charge in [0.1, 0.15) is 0 Å². The molecule has 0 radical (unpaired) electrons. The smallest absolute Gasteiger partial charge is 0.241 e. The van der Waals surface area contributed by atoms with E-state index < -0.39 is 0 Å². The maximum Gasteiger partial charge on any atom is 0.241 e. The monoisotopic (exact) mass is 252 g/mol. The molecule has 3 aliphatic rings. The Morgan fingerprint density at radius 3 is 2.78 bits per heavy atom. The summed E-state index contributed by atoms with van der Waals surface area (Å²) in [5.41, 5.74) is 0. The molecule has 2 bridgehead atoms. The van der Waals surface area contributed by atoms with Crippen LogP contribution in [-0.4, -0.2) is 41.3 Å². The maximum absolute atomic E-state index is 12.5. The van der Waals surface area contributed by atoms with Gasteiger partial charge in [0, 0.05) is 0 Å². The second-order valence-corrected chi connectivity index (χ2v) is 5.85. The lowest BCUT2D eigenvalue weighted by atomic mass is 9.93. The average Bonchev–Trinajstić information content (AvgIpc) is 3.04. The first kappa shape index (κ1) is 12.4. The highest BCUT2D eigenvalue weighted by atomic mass is 16.5. The summed E-state index contributed by atoms with van der Waals surface area (Å²) in [6.07, 6.45) is 7.37. The molecule has 3 saturated heterocycles. The van der Waals surface area contributed by atoms with E-state index in [1.807, 2.05) is 0 Å². The minimum atomic E-state index is 0.0284. The van der Waals surface area contributed by atoms with Crippen molar-refractivity contribution >= 4 is 5.91 Å². The van der Waals surface area contributed by atoms with Crippen molar-refractivity contribution in [1.29, 1.82) is 0 Å². The molecule has 0 aromatic heterocycles. The lowest BCUT2D eigenvalue weighted by Gasteiger charge is -2.33. The van der Waals surface area contributed by atoms with Crippen LogP contribution in [-0.2, 0) is 9.53 Å². The molecule has 3 fully saturated rings. The van der Waals surface area contributed by atoms with Gasteiger partial charge < -0.3 is 9.64 Å². The number of amides is 1. The SMILES string of the molecule is CCCC1NC(CC)C(=O)N1C1CC2CCC1O2. The number of carbonyl (C=O) groups is 1. The van der Waals surface area contributed by atoms with Crippen molar-refractivity contribution in [2.45, 2.75) is 82.8 Å². The number of carbonyl (C=O) groups excluding carboxylic acids is 1. The molecule has 18 heavy (non-hydrogen) atoms. The Labute approximate surface area is 109 Å². The van der Waals surface area contributed by atoms with E-state index in [0.717, 1.165) is 32.1 Å². The van der Waals surface area contributed by atoms with E-state index in [1.54, 1.807) is 0 Å². The van der Waals surface area contributed by atoms with Crippen LogP contribution in [0.4, 0.5) is 0 Å². The molecule has 5 unspecified atom stereocenters. The summed E-state index contributed by atoms with van der Waals surface area (Å²) in [7, 11) is 0. The van der Waals surface area contributed by atoms with Crippen molar-refractivity contribution in [1.82, 2.24) is 10.2 Å². The molecule has 4 nitrogen and oxygen atoms in total. The molecule has 3 heterocycles. The Morgan fingerprint density at radius 2 is 2.22 bits per heavy atom. The molecule has 0 aliphatic carbocycles. The zero-order valence-corrected chi connectivity index (χ0v) is 11.4. The average molecular weight is 252 g/mol. The number of nitrogens with one attached hydrogen (secondary N) is 1. The third-order valence-electron chi connectivity index (χ3n) is 4.68. The van der Waals surface area contributed by atoms with E-state index in [9.17, 15) is 4.79 Å². The van der Waals surface area contributed by atoms with Gasteiger partial charge in [0.15, 0.2) is 0 Å². The minimum absolute atomic E-state index is 0.0284. The largest absolute Gasteiger partial charge is 0.373 e. The predicted molar refractivity (Wildman–Crippen MR) is 69.1 cm³/mol. The number of ether oxygens (including phenoxy) is 1. The third-order valence-corrected chi connectivity index (χ3v) is 4.68. The highest BCUT2D eigenvalue weighted by Crippen LogP contribution is 2.39. The van der Waals surface area contributed by atoms with Gasteiger partial charge in [-0.2, -0.15) is 0 Å². The van der Waals surface area contributed by atoms with Crippen molar-refractivity contribution in [3.63, 3.8) is 0 Å². The summed E-state index contributed by atoms with van der Waals surface area (Å²) in [5, 5.41) is 3.50. The number of hydrogen-bond acceptors (Lipinski definition) is 3. The molecule has 5 atom stereocenters. The van der Waals surface area contributed by atoms with Crippen molar-refractivity contribution in [3.8, 4) is 0 Å². The van der Waals surface area contributed by atoms with Gasteiger partial charge in [-0.05, 0) is 32.1 Å². The second-order valence-electron chi connectivity index (χ2n) is 5.85. The Morgan fingerprint density at radius 1 is 1.39 bits per heavy atom. The highest BCUT2D eigenvalue weighted by Gasteiger charge is 2.50. The zero-order chi connectivity index (χ0) is 12.7. The first-order chi connectivity index (χ1) is 8.74. The van der Waals surface area contributed by atoms with E-state index in [1.165, 1.54) is 6.42 Å². The molecular weight excluding hydrogens is 228 g/mol. The summed E-state index contributed by atoms with van der Waals surface area (Å²) in [4.78, 5) is 14.6. The van der Waals surface area contributed by atoms with Crippen LogP contribution in [0, 0.1) is 0 Å². The Kier molecular flexibility index (Phi) is 3.32. The Bertz CT molecular complexity index is 334. The fraction of sp³-hybridized carbons (Fsp3) is 0.929. The quantitative estimate of drug-likeness (QED) is 0.827. The molecule has 3 rings (SSSR count). The maximum atomic E-state index is 12.5. The fourth-order valence-electron chi connectivity index (χ4n) is 3.80. The molecular formula is C14H24N2O2. The van der Waals surface area contributed by atoms with Gasteiger partial charge in [0.2, 0.25) is 5.91 Å².